The number of carboxylic acids is 1. The van der Waals surface area contributed by atoms with Crippen molar-refractivity contribution in [3.8, 4) is 17.2 Å². The van der Waals surface area contributed by atoms with Crippen LogP contribution in [0.1, 0.15) is 56.1 Å². The van der Waals surface area contributed by atoms with Crippen LogP contribution in [0.2, 0.25) is 0 Å². The average molecular weight is 724 g/mol. The molecule has 1 amide bonds. The van der Waals surface area contributed by atoms with Crippen molar-refractivity contribution in [2.75, 3.05) is 52.8 Å². The normalized spacial score (nSPS) is 17.9. The second-order valence-electron chi connectivity index (χ2n) is 14.0. The Labute approximate surface area is 323 Å². The summed E-state index contributed by atoms with van der Waals surface area (Å²) in [6.07, 6.45) is 5.49. The Bertz CT molecular complexity index is 1820. The van der Waals surface area contributed by atoms with E-state index in [1.807, 2.05) is 41.3 Å². The molecule has 0 radical (unpaired) electrons. The molecule has 53 heavy (non-hydrogen) atoms. The van der Waals surface area contributed by atoms with Crippen LogP contribution in [0.25, 0.3) is 11.0 Å². The maximum absolute atomic E-state index is 14.3. The van der Waals surface area contributed by atoms with E-state index in [1.165, 1.54) is 12.1 Å². The number of ether oxygens (including phenoxy) is 3. The molecule has 2 saturated heterocycles. The van der Waals surface area contributed by atoms with E-state index in [0.717, 1.165) is 79.8 Å². The van der Waals surface area contributed by atoms with Gasteiger partial charge in [-0.2, -0.15) is 0 Å². The molecule has 3 heterocycles. The first kappa shape index (κ1) is 40.0. The molecule has 1 unspecified atom stereocenters. The molecule has 280 valence electrons. The Kier molecular flexibility index (Phi) is 13.7. The molecule has 2 aliphatic heterocycles. The molecule has 0 spiro atoms. The monoisotopic (exact) mass is 723 g/mol. The molecule has 0 saturated carbocycles. The summed E-state index contributed by atoms with van der Waals surface area (Å²) >= 11 is 0. The van der Waals surface area contributed by atoms with Gasteiger partial charge in [0, 0.05) is 45.2 Å². The van der Waals surface area contributed by atoms with E-state index in [1.54, 1.807) is 33.5 Å². The van der Waals surface area contributed by atoms with Crippen LogP contribution in [0.3, 0.4) is 0 Å². The number of benzene rings is 3. The van der Waals surface area contributed by atoms with Gasteiger partial charge < -0.3 is 39.0 Å². The molecule has 1 aromatic heterocycles. The first-order chi connectivity index (χ1) is 25.2. The van der Waals surface area contributed by atoms with Crippen LogP contribution in [0.4, 0.5) is 10.3 Å². The molecule has 4 aromatic rings. The average Bonchev–Trinajstić information content (AvgIpc) is 3.64. The van der Waals surface area contributed by atoms with Crippen molar-refractivity contribution in [3.05, 3.63) is 77.6 Å². The van der Waals surface area contributed by atoms with Gasteiger partial charge in [0.15, 0.2) is 11.5 Å². The first-order valence-electron chi connectivity index (χ1n) is 18.2. The molecular formula is C40H51FLiN5O6. The molecule has 11 nitrogen and oxygen atoms in total. The van der Waals surface area contributed by atoms with Crippen molar-refractivity contribution in [1.82, 2.24) is 19.4 Å². The number of halogens is 1. The van der Waals surface area contributed by atoms with E-state index in [9.17, 15) is 14.0 Å². The molecule has 6 rings (SSSR count). The number of carboxylic acid groups (broad SMARTS) is 1. The van der Waals surface area contributed by atoms with Gasteiger partial charge in [-0.3, -0.25) is 9.59 Å². The molecule has 1 atom stereocenters. The van der Waals surface area contributed by atoms with Crippen LogP contribution < -0.4 is 19.5 Å². The van der Waals surface area contributed by atoms with Crippen LogP contribution >= 0.6 is 0 Å². The predicted molar refractivity (Wildman–Crippen MR) is 205 cm³/mol. The van der Waals surface area contributed by atoms with Gasteiger partial charge >= 0.3 is 24.8 Å². The third-order valence-corrected chi connectivity index (χ3v) is 10.6. The van der Waals surface area contributed by atoms with Crippen molar-refractivity contribution >= 4 is 47.7 Å². The van der Waals surface area contributed by atoms with E-state index in [-0.39, 0.29) is 43.0 Å². The number of methoxy groups -OCH3 is 3. The second-order valence-corrected chi connectivity index (χ2v) is 14.0. The summed E-state index contributed by atoms with van der Waals surface area (Å²) in [5, 5.41) is 12.8. The standard InChI is InChI=1S/C40H50FN5O6.Li.H/c1-50-34-24-29(25-35(51-2)37(34)52-3)27-45-23-18-40(38(45)49,26-28-11-13-30(41)14-12-28)17-7-19-44-21-15-31(16-22-44)42-39-43-32-8-4-5-9-33(32)46(39)20-6-10-36(47)48;;/h4-5,8-9,11-14,24-25,31H,6-7,10,15-23,26-27H2,1-3H3,(H,42,43)(H,47,48);;. The van der Waals surface area contributed by atoms with Crippen molar-refractivity contribution < 1.29 is 33.3 Å². The number of para-hydroxylation sites is 2. The molecule has 0 aliphatic carbocycles. The summed E-state index contributed by atoms with van der Waals surface area (Å²) in [6, 6.07) is 18.5. The van der Waals surface area contributed by atoms with Crippen molar-refractivity contribution in [2.45, 2.75) is 70.5 Å². The first-order valence-corrected chi connectivity index (χ1v) is 18.2. The van der Waals surface area contributed by atoms with Crippen molar-refractivity contribution in [2.24, 2.45) is 5.41 Å². The summed E-state index contributed by atoms with van der Waals surface area (Å²) in [6.45, 7) is 4.41. The molecule has 2 aliphatic rings. The fourth-order valence-electron chi connectivity index (χ4n) is 7.89. The SMILES string of the molecule is COc1cc(CN2CCC(CCCN3CCC(Nc4nc5ccccc5n4CCCC(=O)O)CC3)(Cc3ccc(F)cc3)C2=O)cc(OC)c1OC.[LiH]. The van der Waals surface area contributed by atoms with Gasteiger partial charge in [0.1, 0.15) is 5.82 Å². The second kappa shape index (κ2) is 18.2. The zero-order valence-electron chi connectivity index (χ0n) is 30.4. The number of carbonyl (C=O) groups is 2. The van der Waals surface area contributed by atoms with E-state index in [0.29, 0.717) is 49.7 Å². The zero-order chi connectivity index (χ0) is 36.7. The van der Waals surface area contributed by atoms with Crippen molar-refractivity contribution in [3.63, 3.8) is 0 Å². The van der Waals surface area contributed by atoms with Crippen LogP contribution in [0.15, 0.2) is 60.7 Å². The number of nitrogens with one attached hydrogen (secondary N) is 1. The fourth-order valence-corrected chi connectivity index (χ4v) is 7.89. The Morgan fingerprint density at radius 2 is 1.64 bits per heavy atom. The molecule has 3 aromatic carbocycles. The van der Waals surface area contributed by atoms with Gasteiger partial charge in [-0.15, -0.1) is 0 Å². The number of amides is 1. The number of imidazole rings is 1. The van der Waals surface area contributed by atoms with Gasteiger partial charge in [0.2, 0.25) is 17.6 Å². The number of nitrogens with zero attached hydrogens (tertiary/aromatic N) is 4. The summed E-state index contributed by atoms with van der Waals surface area (Å²) in [5.41, 5.74) is 3.19. The Morgan fingerprint density at radius 1 is 0.943 bits per heavy atom. The number of anilines is 1. The fraction of sp³-hybridized carbons (Fsp3) is 0.475. The summed E-state index contributed by atoms with van der Waals surface area (Å²) < 4.78 is 32.5. The number of aliphatic carboxylic acids is 1. The minimum atomic E-state index is -0.794. The van der Waals surface area contributed by atoms with Crippen molar-refractivity contribution in [1.29, 1.82) is 0 Å². The third kappa shape index (κ3) is 9.47. The third-order valence-electron chi connectivity index (χ3n) is 10.6. The van der Waals surface area contributed by atoms with Gasteiger partial charge in [-0.25, -0.2) is 9.37 Å². The topological polar surface area (TPSA) is 118 Å². The number of aromatic nitrogens is 2. The summed E-state index contributed by atoms with van der Waals surface area (Å²) in [5.74, 6) is 1.46. The number of likely N-dealkylation sites (tertiary alicyclic amines) is 2. The van der Waals surface area contributed by atoms with Crippen LogP contribution in [0.5, 0.6) is 17.2 Å². The Morgan fingerprint density at radius 3 is 2.30 bits per heavy atom. The molecular weight excluding hydrogens is 672 g/mol. The van der Waals surface area contributed by atoms with E-state index in [4.69, 9.17) is 24.3 Å². The van der Waals surface area contributed by atoms with Crippen LogP contribution in [-0.2, 0) is 29.1 Å². The number of rotatable bonds is 17. The number of piperidine rings is 1. The van der Waals surface area contributed by atoms with E-state index >= 15 is 0 Å². The molecule has 13 heteroatoms. The Balaban J connectivity index is 0.00000541. The summed E-state index contributed by atoms with van der Waals surface area (Å²) in [7, 11) is 4.73. The maximum atomic E-state index is 14.3. The Hall–Kier alpha value is -4.24. The number of carbonyl (C=O) groups excluding carboxylic acids is 1. The van der Waals surface area contributed by atoms with Gasteiger partial charge in [0.25, 0.3) is 0 Å². The number of hydrogen-bond donors (Lipinski definition) is 2. The number of fused-ring (bicyclic) bond motifs is 1. The zero-order valence-corrected chi connectivity index (χ0v) is 30.4. The van der Waals surface area contributed by atoms with Gasteiger partial charge in [0.05, 0.1) is 37.8 Å². The molecule has 0 bridgehead atoms. The quantitative estimate of drug-likeness (QED) is 0.132. The van der Waals surface area contributed by atoms with E-state index < -0.39 is 11.4 Å². The van der Waals surface area contributed by atoms with E-state index in [2.05, 4.69) is 14.8 Å². The minimum absolute atomic E-state index is 0. The number of aryl methyl sites for hydroxylation is 1. The molecule has 2 fully saturated rings. The van der Waals surface area contributed by atoms with Gasteiger partial charge in [-0.05, 0) is 99.0 Å². The summed E-state index contributed by atoms with van der Waals surface area (Å²) in [4.78, 5) is 34.7. The van der Waals surface area contributed by atoms with Crippen LogP contribution in [0, 0.1) is 11.2 Å². The molecule has 2 N–H and O–H groups in total. The van der Waals surface area contributed by atoms with Crippen LogP contribution in [-0.4, -0.2) is 109 Å². The number of hydrogen-bond acceptors (Lipinski definition) is 8. The predicted octanol–water partition coefficient (Wildman–Crippen LogP) is 5.74. The van der Waals surface area contributed by atoms with Gasteiger partial charge in [-0.1, -0.05) is 24.3 Å².